The van der Waals surface area contributed by atoms with Gasteiger partial charge in [-0.1, -0.05) is 37.6 Å². The highest BCUT2D eigenvalue weighted by Crippen LogP contribution is 3.02. The highest BCUT2D eigenvalue weighted by atomic mass is 32.5. The molecule has 1 saturated carbocycles. The molecule has 1 heterocycles. The fraction of sp³-hybridized carbons (Fsp3) is 0.231. The Labute approximate surface area is 226 Å². The predicted octanol–water partition coefficient (Wildman–Crippen LogP) is 7.18. The number of hydrogen-bond donors (Lipinski definition) is 3. The minimum Gasteiger partial charge on any atom is -0.382 e. The van der Waals surface area contributed by atoms with Crippen molar-refractivity contribution in [1.82, 2.24) is 10.2 Å². The van der Waals surface area contributed by atoms with Crippen LogP contribution in [0.2, 0.25) is 0 Å². The van der Waals surface area contributed by atoms with Crippen LogP contribution < -0.4 is 11.1 Å². The van der Waals surface area contributed by atoms with Gasteiger partial charge in [-0.2, -0.15) is 5.10 Å². The molecule has 1 aliphatic carbocycles. The molecule has 0 unspecified atom stereocenters. The van der Waals surface area contributed by atoms with E-state index in [2.05, 4.69) is 15.5 Å². The lowest BCUT2D eigenvalue weighted by atomic mass is 9.95. The van der Waals surface area contributed by atoms with Gasteiger partial charge in [-0.3, -0.25) is 9.89 Å². The third kappa shape index (κ3) is 5.63. The van der Waals surface area contributed by atoms with E-state index in [0.717, 1.165) is 23.3 Å². The van der Waals surface area contributed by atoms with Crippen molar-refractivity contribution >= 4 is 42.6 Å². The number of sulfone groups is 1. The number of aromatic nitrogens is 2. The van der Waals surface area contributed by atoms with E-state index in [4.69, 9.17) is 5.73 Å². The summed E-state index contributed by atoms with van der Waals surface area (Å²) in [6.45, 7) is 0. The molecule has 0 radical (unpaired) electrons. The van der Waals surface area contributed by atoms with Crippen molar-refractivity contribution in [3.05, 3.63) is 72.4 Å². The summed E-state index contributed by atoms with van der Waals surface area (Å²) in [6, 6.07) is 14.2. The van der Waals surface area contributed by atoms with E-state index in [1.807, 2.05) is 6.07 Å². The number of anilines is 1. The van der Waals surface area contributed by atoms with E-state index in [-0.39, 0.29) is 22.3 Å². The summed E-state index contributed by atoms with van der Waals surface area (Å²) in [7, 11) is -13.4. The largest absolute Gasteiger partial charge is 0.382 e. The second-order valence-corrected chi connectivity index (χ2v) is 14.5. The van der Waals surface area contributed by atoms with E-state index >= 15 is 0 Å². The van der Waals surface area contributed by atoms with Crippen LogP contribution in [0.1, 0.15) is 36.2 Å². The minimum atomic E-state index is -9.73. The molecule has 1 aliphatic rings. The monoisotopic (exact) mass is 600 g/mol. The van der Waals surface area contributed by atoms with Crippen LogP contribution in [0.25, 0.3) is 22.0 Å². The molecule has 4 N–H and O–H groups in total. The number of rotatable bonds is 7. The molecule has 0 bridgehead atoms. The number of nitrogens with two attached hydrogens (primary N) is 1. The van der Waals surface area contributed by atoms with Crippen molar-refractivity contribution in [1.29, 1.82) is 0 Å². The highest BCUT2D eigenvalue weighted by Gasteiger charge is 2.65. The van der Waals surface area contributed by atoms with E-state index in [1.54, 1.807) is 24.3 Å². The van der Waals surface area contributed by atoms with Gasteiger partial charge in [0.05, 0.1) is 15.7 Å². The van der Waals surface area contributed by atoms with Gasteiger partial charge in [0.1, 0.15) is 4.90 Å². The molecule has 4 aromatic rings. The normalized spacial score (nSPS) is 20.0. The third-order valence-electron chi connectivity index (χ3n) is 7.10. The first-order valence-electron chi connectivity index (χ1n) is 12.2. The summed E-state index contributed by atoms with van der Waals surface area (Å²) in [5.74, 6) is -0.667. The van der Waals surface area contributed by atoms with E-state index in [1.165, 1.54) is 12.1 Å². The van der Waals surface area contributed by atoms with Gasteiger partial charge in [0.25, 0.3) is 5.91 Å². The fourth-order valence-corrected chi connectivity index (χ4v) is 7.42. The maximum absolute atomic E-state index is 13.3. The molecule has 214 valence electrons. The third-order valence-corrected chi connectivity index (χ3v) is 10.5. The number of halogens is 5. The van der Waals surface area contributed by atoms with Crippen molar-refractivity contribution in [2.75, 3.05) is 5.32 Å². The lowest BCUT2D eigenvalue weighted by Crippen LogP contribution is -2.32. The maximum atomic E-state index is 13.3. The summed E-state index contributed by atoms with van der Waals surface area (Å²) < 4.78 is 91.2. The van der Waals surface area contributed by atoms with Gasteiger partial charge in [-0.15, -0.1) is 0 Å². The Hall–Kier alpha value is -3.65. The standard InChI is InChI=1S/C26H25F5N4O3S2/c27-40(28,29,30,31)22-12-6-19(7-13-22)33-18-4-10-21(11-5-18)39(37,38)20-8-1-16(2-9-20)17-3-14-24-23(15-17)25(26(32)36)35-34-24/h1-3,6-9,12-15,18,21,33H,4-5,10-11H2,(H2,32,36)(H,34,35). The molecule has 0 saturated heterocycles. The number of carbonyl (C=O) groups is 1. The fourth-order valence-electron chi connectivity index (χ4n) is 4.97. The predicted molar refractivity (Wildman–Crippen MR) is 145 cm³/mol. The Morgan fingerprint density at radius 3 is 2.05 bits per heavy atom. The molecule has 1 fully saturated rings. The molecular formula is C26H25F5N4O3S2. The molecule has 5 rings (SSSR count). The zero-order chi connectivity index (χ0) is 29.0. The van der Waals surface area contributed by atoms with Gasteiger partial charge in [0.15, 0.2) is 15.5 Å². The molecule has 40 heavy (non-hydrogen) atoms. The summed E-state index contributed by atoms with van der Waals surface area (Å²) >= 11 is 0. The maximum Gasteiger partial charge on any atom is 0.310 e. The molecule has 14 heteroatoms. The van der Waals surface area contributed by atoms with Gasteiger partial charge in [-0.05, 0) is 85.3 Å². The summed E-state index contributed by atoms with van der Waals surface area (Å²) in [6.07, 6.45) is 1.55. The first-order chi connectivity index (χ1) is 18.5. The van der Waals surface area contributed by atoms with Crippen LogP contribution in [-0.2, 0) is 9.84 Å². The van der Waals surface area contributed by atoms with Gasteiger partial charge < -0.3 is 11.1 Å². The van der Waals surface area contributed by atoms with Crippen LogP contribution in [0.4, 0.5) is 25.1 Å². The SMILES string of the molecule is NC(=O)c1n[nH]c2ccc(-c3ccc(S(=O)(=O)C4CCC(Nc5ccc(S(F)(F)(F)(F)F)cc5)CC4)cc3)cc12. The van der Waals surface area contributed by atoms with E-state index in [0.29, 0.717) is 48.7 Å². The molecular weight excluding hydrogens is 575 g/mol. The number of H-pyrrole nitrogens is 1. The molecule has 3 aromatic carbocycles. The smallest absolute Gasteiger partial charge is 0.310 e. The van der Waals surface area contributed by atoms with Crippen molar-refractivity contribution in [3.63, 3.8) is 0 Å². The lowest BCUT2D eigenvalue weighted by Gasteiger charge is -2.40. The molecule has 7 nitrogen and oxygen atoms in total. The molecule has 1 aromatic heterocycles. The minimum absolute atomic E-state index is 0.113. The van der Waals surface area contributed by atoms with Crippen LogP contribution >= 0.6 is 10.2 Å². The second kappa shape index (κ2) is 8.93. The van der Waals surface area contributed by atoms with Gasteiger partial charge in [-0.25, -0.2) is 8.42 Å². The number of fused-ring (bicyclic) bond motifs is 1. The molecule has 1 amide bonds. The number of carbonyl (C=O) groups excluding carboxylic acids is 1. The quantitative estimate of drug-likeness (QED) is 0.194. The average Bonchev–Trinajstić information content (AvgIpc) is 3.32. The molecule has 0 atom stereocenters. The Kier molecular flexibility index (Phi) is 6.23. The molecule has 0 aliphatic heterocycles. The van der Waals surface area contributed by atoms with Crippen LogP contribution in [0, 0.1) is 0 Å². The lowest BCUT2D eigenvalue weighted by molar-refractivity contribution is 0.0997. The van der Waals surface area contributed by atoms with Gasteiger partial charge in [0, 0.05) is 17.1 Å². The van der Waals surface area contributed by atoms with Crippen molar-refractivity contribution < 1.29 is 32.6 Å². The molecule has 0 spiro atoms. The summed E-state index contributed by atoms with van der Waals surface area (Å²) in [5.41, 5.74) is 7.87. The number of primary amides is 1. The number of amides is 1. The first kappa shape index (κ1) is 27.9. The van der Waals surface area contributed by atoms with Crippen LogP contribution in [0.5, 0.6) is 0 Å². The summed E-state index contributed by atoms with van der Waals surface area (Å²) in [4.78, 5) is 9.83. The van der Waals surface area contributed by atoms with E-state index in [9.17, 15) is 32.6 Å². The Morgan fingerprint density at radius 1 is 0.875 bits per heavy atom. The van der Waals surface area contributed by atoms with Crippen molar-refractivity contribution in [3.8, 4) is 11.1 Å². The highest BCUT2D eigenvalue weighted by molar-refractivity contribution is 8.45. The van der Waals surface area contributed by atoms with Crippen molar-refractivity contribution in [2.45, 2.75) is 46.8 Å². The zero-order valence-electron chi connectivity index (χ0n) is 20.8. The number of nitrogens with zero attached hydrogens (tertiary/aromatic N) is 1. The second-order valence-electron chi connectivity index (χ2n) is 9.88. The average molecular weight is 601 g/mol. The topological polar surface area (TPSA) is 118 Å². The Balaban J connectivity index is 1.24. The zero-order valence-corrected chi connectivity index (χ0v) is 22.4. The van der Waals surface area contributed by atoms with E-state index < -0.39 is 36.1 Å². The Bertz CT molecular complexity index is 1700. The van der Waals surface area contributed by atoms with Gasteiger partial charge >= 0.3 is 10.2 Å². The number of aromatic amines is 1. The van der Waals surface area contributed by atoms with Crippen LogP contribution in [0.15, 0.2) is 76.5 Å². The van der Waals surface area contributed by atoms with Crippen molar-refractivity contribution in [2.24, 2.45) is 5.73 Å². The van der Waals surface area contributed by atoms with Crippen LogP contribution in [0.3, 0.4) is 0 Å². The first-order valence-corrected chi connectivity index (χ1v) is 15.7. The van der Waals surface area contributed by atoms with Crippen LogP contribution in [-0.4, -0.2) is 35.8 Å². The number of nitrogens with one attached hydrogen (secondary N) is 2. The number of benzene rings is 3. The number of hydrogen-bond acceptors (Lipinski definition) is 5. The van der Waals surface area contributed by atoms with Gasteiger partial charge in [0.2, 0.25) is 0 Å². The Morgan fingerprint density at radius 2 is 1.48 bits per heavy atom. The summed E-state index contributed by atoms with van der Waals surface area (Å²) in [5, 5.41) is 9.60.